The van der Waals surface area contributed by atoms with Gasteiger partial charge >= 0.3 is 0 Å². The Bertz CT molecular complexity index is 449. The van der Waals surface area contributed by atoms with Crippen LogP contribution in [0.25, 0.3) is 0 Å². The molecule has 0 saturated carbocycles. The molecule has 0 saturated heterocycles. The van der Waals surface area contributed by atoms with Crippen molar-refractivity contribution in [2.45, 2.75) is 20.0 Å². The molecule has 1 atom stereocenters. The first kappa shape index (κ1) is 12.2. The molecule has 0 aliphatic carbocycles. The molecule has 4 heteroatoms. The molecule has 84 valence electrons. The summed E-state index contributed by atoms with van der Waals surface area (Å²) in [4.78, 5) is 0. The molecule has 0 fully saturated rings. The molecule has 0 aliphatic heterocycles. The Labute approximate surface area is 90.7 Å². The van der Waals surface area contributed by atoms with Crippen molar-refractivity contribution in [3.05, 3.63) is 34.9 Å². The van der Waals surface area contributed by atoms with Gasteiger partial charge in [0.25, 0.3) is 0 Å². The summed E-state index contributed by atoms with van der Waals surface area (Å²) in [7, 11) is -3.15. The van der Waals surface area contributed by atoms with Crippen LogP contribution in [0.5, 0.6) is 0 Å². The monoisotopic (exact) mass is 228 g/mol. The van der Waals surface area contributed by atoms with Gasteiger partial charge in [-0.2, -0.15) is 0 Å². The molecule has 1 aromatic rings. The number of hydrogen-bond acceptors (Lipinski definition) is 3. The maximum Gasteiger partial charge on any atom is 0.150 e. The number of hydrogen-bond donors (Lipinski definition) is 1. The zero-order valence-electron chi connectivity index (χ0n) is 9.19. The van der Waals surface area contributed by atoms with Crippen molar-refractivity contribution < 1.29 is 13.5 Å². The van der Waals surface area contributed by atoms with Gasteiger partial charge in [-0.25, -0.2) is 8.42 Å². The Morgan fingerprint density at radius 1 is 1.33 bits per heavy atom. The van der Waals surface area contributed by atoms with Crippen LogP contribution in [-0.2, 0) is 9.84 Å². The minimum Gasteiger partial charge on any atom is -0.387 e. The predicted octanol–water partition coefficient (Wildman–Crippen LogP) is 1.38. The van der Waals surface area contributed by atoms with E-state index in [0.29, 0.717) is 5.56 Å². The first-order valence-electron chi connectivity index (χ1n) is 4.72. The molecular weight excluding hydrogens is 212 g/mol. The van der Waals surface area contributed by atoms with E-state index in [0.717, 1.165) is 17.4 Å². The van der Waals surface area contributed by atoms with Gasteiger partial charge in [0.1, 0.15) is 9.84 Å². The molecule has 0 spiro atoms. The van der Waals surface area contributed by atoms with E-state index in [4.69, 9.17) is 0 Å². The highest BCUT2D eigenvalue weighted by atomic mass is 32.2. The fourth-order valence-electron chi connectivity index (χ4n) is 1.50. The highest BCUT2D eigenvalue weighted by Crippen LogP contribution is 2.20. The van der Waals surface area contributed by atoms with Crippen molar-refractivity contribution in [3.63, 3.8) is 0 Å². The highest BCUT2D eigenvalue weighted by molar-refractivity contribution is 7.90. The second kappa shape index (κ2) is 4.33. The van der Waals surface area contributed by atoms with Gasteiger partial charge in [-0.05, 0) is 25.0 Å². The fourth-order valence-corrected chi connectivity index (χ4v) is 2.25. The molecule has 0 amide bonds. The lowest BCUT2D eigenvalue weighted by atomic mass is 10.0. The van der Waals surface area contributed by atoms with Crippen molar-refractivity contribution in [2.24, 2.45) is 0 Å². The molecule has 1 aromatic carbocycles. The van der Waals surface area contributed by atoms with Gasteiger partial charge in [0, 0.05) is 6.26 Å². The summed E-state index contributed by atoms with van der Waals surface area (Å²) in [5, 5.41) is 9.78. The van der Waals surface area contributed by atoms with Gasteiger partial charge in [0.2, 0.25) is 0 Å². The Morgan fingerprint density at radius 3 is 2.47 bits per heavy atom. The van der Waals surface area contributed by atoms with Crippen LogP contribution in [0.15, 0.2) is 18.2 Å². The molecule has 0 heterocycles. The second-order valence-corrected chi connectivity index (χ2v) is 6.15. The number of rotatable bonds is 3. The molecule has 1 N–H and O–H groups in total. The SMILES string of the molecule is Cc1ccc(C)c(C(O)CS(C)(=O)=O)c1. The molecule has 0 aliphatic rings. The minimum absolute atomic E-state index is 0.225. The zero-order chi connectivity index (χ0) is 11.6. The lowest BCUT2D eigenvalue weighted by Crippen LogP contribution is -2.13. The van der Waals surface area contributed by atoms with Gasteiger partial charge < -0.3 is 5.11 Å². The first-order valence-corrected chi connectivity index (χ1v) is 6.78. The van der Waals surface area contributed by atoms with Crippen molar-refractivity contribution >= 4 is 9.84 Å². The Hall–Kier alpha value is -0.870. The Kier molecular flexibility index (Phi) is 3.52. The zero-order valence-corrected chi connectivity index (χ0v) is 10.0. The second-order valence-electron chi connectivity index (χ2n) is 3.97. The average Bonchev–Trinajstić information content (AvgIpc) is 2.06. The molecular formula is C11H16O3S. The summed E-state index contributed by atoms with van der Waals surface area (Å²) in [6, 6.07) is 5.65. The number of aliphatic hydroxyl groups excluding tert-OH is 1. The van der Waals surface area contributed by atoms with Gasteiger partial charge in [-0.15, -0.1) is 0 Å². The Balaban J connectivity index is 3.00. The van der Waals surface area contributed by atoms with Crippen LogP contribution in [0.3, 0.4) is 0 Å². The molecule has 0 radical (unpaired) electrons. The fraction of sp³-hybridized carbons (Fsp3) is 0.455. The molecule has 0 bridgehead atoms. The first-order chi connectivity index (χ1) is 6.79. The van der Waals surface area contributed by atoms with Crippen LogP contribution in [0, 0.1) is 13.8 Å². The quantitative estimate of drug-likeness (QED) is 0.850. The summed E-state index contributed by atoms with van der Waals surface area (Å²) in [6.07, 6.45) is 0.196. The van der Waals surface area contributed by atoms with Crippen LogP contribution in [-0.4, -0.2) is 25.5 Å². The van der Waals surface area contributed by atoms with Gasteiger partial charge in [0.15, 0.2) is 0 Å². The van der Waals surface area contributed by atoms with E-state index < -0.39 is 15.9 Å². The number of benzene rings is 1. The third kappa shape index (κ3) is 3.64. The van der Waals surface area contributed by atoms with E-state index in [2.05, 4.69) is 0 Å². The van der Waals surface area contributed by atoms with Crippen molar-refractivity contribution in [1.29, 1.82) is 0 Å². The lowest BCUT2D eigenvalue weighted by Gasteiger charge is -2.13. The number of aryl methyl sites for hydroxylation is 2. The molecule has 1 unspecified atom stereocenters. The molecule has 3 nitrogen and oxygen atoms in total. The Morgan fingerprint density at radius 2 is 1.93 bits per heavy atom. The third-order valence-corrected chi connectivity index (χ3v) is 3.18. The van der Waals surface area contributed by atoms with Crippen LogP contribution in [0.1, 0.15) is 22.8 Å². The van der Waals surface area contributed by atoms with Crippen LogP contribution < -0.4 is 0 Å². The summed E-state index contributed by atoms with van der Waals surface area (Å²) in [5.41, 5.74) is 2.63. The third-order valence-electron chi connectivity index (χ3n) is 2.25. The van der Waals surface area contributed by atoms with Crippen molar-refractivity contribution in [1.82, 2.24) is 0 Å². The van der Waals surface area contributed by atoms with E-state index in [1.54, 1.807) is 0 Å². The molecule has 15 heavy (non-hydrogen) atoms. The average molecular weight is 228 g/mol. The van der Waals surface area contributed by atoms with Gasteiger partial charge in [-0.1, -0.05) is 23.8 Å². The predicted molar refractivity (Wildman–Crippen MR) is 60.6 cm³/mol. The van der Waals surface area contributed by atoms with E-state index in [1.807, 2.05) is 32.0 Å². The smallest absolute Gasteiger partial charge is 0.150 e. The van der Waals surface area contributed by atoms with Crippen LogP contribution in [0.4, 0.5) is 0 Å². The number of aliphatic hydroxyl groups is 1. The lowest BCUT2D eigenvalue weighted by molar-refractivity contribution is 0.201. The number of sulfone groups is 1. The van der Waals surface area contributed by atoms with Gasteiger partial charge in [0.05, 0.1) is 11.9 Å². The van der Waals surface area contributed by atoms with E-state index in [9.17, 15) is 13.5 Å². The minimum atomic E-state index is -3.15. The standard InChI is InChI=1S/C11H16O3S/c1-8-4-5-9(2)10(6-8)11(12)7-15(3,13)14/h4-6,11-12H,7H2,1-3H3. The van der Waals surface area contributed by atoms with E-state index in [-0.39, 0.29) is 5.75 Å². The van der Waals surface area contributed by atoms with E-state index in [1.165, 1.54) is 0 Å². The summed E-state index contributed by atoms with van der Waals surface area (Å²) in [5.74, 6) is -0.225. The maximum atomic E-state index is 11.1. The van der Waals surface area contributed by atoms with Crippen LogP contribution in [0.2, 0.25) is 0 Å². The highest BCUT2D eigenvalue weighted by Gasteiger charge is 2.16. The van der Waals surface area contributed by atoms with Gasteiger partial charge in [-0.3, -0.25) is 0 Å². The van der Waals surface area contributed by atoms with Crippen molar-refractivity contribution in [3.8, 4) is 0 Å². The largest absolute Gasteiger partial charge is 0.387 e. The molecule has 0 aromatic heterocycles. The molecule has 1 rings (SSSR count). The summed E-state index contributed by atoms with van der Waals surface area (Å²) in [6.45, 7) is 3.77. The summed E-state index contributed by atoms with van der Waals surface area (Å²) >= 11 is 0. The van der Waals surface area contributed by atoms with E-state index >= 15 is 0 Å². The topological polar surface area (TPSA) is 54.4 Å². The van der Waals surface area contributed by atoms with Crippen LogP contribution >= 0.6 is 0 Å². The summed E-state index contributed by atoms with van der Waals surface area (Å²) < 4.78 is 22.1. The maximum absolute atomic E-state index is 11.1. The van der Waals surface area contributed by atoms with Crippen molar-refractivity contribution in [2.75, 3.05) is 12.0 Å². The normalized spacial score (nSPS) is 13.9.